The van der Waals surface area contributed by atoms with E-state index in [1.807, 2.05) is 18.4 Å². The van der Waals surface area contributed by atoms with Crippen molar-refractivity contribution in [2.75, 3.05) is 25.2 Å². The zero-order valence-corrected chi connectivity index (χ0v) is 14.8. The van der Waals surface area contributed by atoms with Crippen molar-refractivity contribution in [2.45, 2.75) is 39.7 Å². The summed E-state index contributed by atoms with van der Waals surface area (Å²) in [6.07, 6.45) is 4.23. The summed E-state index contributed by atoms with van der Waals surface area (Å²) in [4.78, 5) is 11.6. The van der Waals surface area contributed by atoms with Gasteiger partial charge in [0.2, 0.25) is 0 Å². The fourth-order valence-electron chi connectivity index (χ4n) is 3.46. The second kappa shape index (κ2) is 6.44. The number of nitrogens with zero attached hydrogens (tertiary/aromatic N) is 6. The van der Waals surface area contributed by atoms with Gasteiger partial charge in [-0.2, -0.15) is 5.10 Å². The van der Waals surface area contributed by atoms with Crippen LogP contribution in [-0.4, -0.2) is 45.0 Å². The molecule has 25 heavy (non-hydrogen) atoms. The number of hydrogen-bond donors (Lipinski definition) is 0. The van der Waals surface area contributed by atoms with E-state index in [9.17, 15) is 0 Å². The summed E-state index contributed by atoms with van der Waals surface area (Å²) >= 11 is 0. The van der Waals surface area contributed by atoms with Crippen LogP contribution in [0, 0.1) is 13.8 Å². The summed E-state index contributed by atoms with van der Waals surface area (Å²) in [6, 6.07) is 0. The monoisotopic (exact) mass is 342 g/mol. The van der Waals surface area contributed by atoms with Crippen LogP contribution in [0.15, 0.2) is 10.9 Å². The number of methoxy groups -OCH3 is 1. The van der Waals surface area contributed by atoms with Crippen molar-refractivity contribution in [3.63, 3.8) is 0 Å². The number of rotatable bonds is 5. The van der Waals surface area contributed by atoms with Crippen molar-refractivity contribution in [3.8, 4) is 0 Å². The maximum Gasteiger partial charge on any atom is 0.158 e. The molecule has 1 aliphatic rings. The lowest BCUT2D eigenvalue weighted by atomic mass is 10.1. The molecule has 0 saturated heterocycles. The van der Waals surface area contributed by atoms with Gasteiger partial charge in [0.15, 0.2) is 5.82 Å². The molecule has 0 aromatic carbocycles. The highest BCUT2D eigenvalue weighted by atomic mass is 16.5. The van der Waals surface area contributed by atoms with Gasteiger partial charge < -0.3 is 14.2 Å². The first-order chi connectivity index (χ1) is 12.2. The van der Waals surface area contributed by atoms with Crippen LogP contribution >= 0.6 is 0 Å². The molecule has 0 spiro atoms. The third-order valence-electron chi connectivity index (χ3n) is 4.74. The minimum absolute atomic E-state index is 0.716. The molecule has 0 amide bonds. The van der Waals surface area contributed by atoms with Crippen LogP contribution < -0.4 is 4.90 Å². The Balaban J connectivity index is 1.73. The summed E-state index contributed by atoms with van der Waals surface area (Å²) in [5.41, 5.74) is 4.25. The van der Waals surface area contributed by atoms with Gasteiger partial charge in [-0.05, 0) is 26.7 Å². The Bertz CT molecular complexity index is 900. The fraction of sp³-hybridized carbons (Fsp3) is 0.529. The number of imidazole rings is 1. The molecule has 3 aromatic rings. The molecule has 8 nitrogen and oxygen atoms in total. The van der Waals surface area contributed by atoms with Crippen LogP contribution in [0.3, 0.4) is 0 Å². The molecule has 0 aliphatic carbocycles. The molecular weight excluding hydrogens is 320 g/mol. The van der Waals surface area contributed by atoms with Gasteiger partial charge >= 0.3 is 0 Å². The van der Waals surface area contributed by atoms with Crippen LogP contribution in [0.5, 0.6) is 0 Å². The van der Waals surface area contributed by atoms with Gasteiger partial charge in [0, 0.05) is 38.8 Å². The SMILES string of the molecule is COCCCc1nc(C)n2ncnc(N3CCc4noc(C)c4C3)c12. The van der Waals surface area contributed by atoms with Gasteiger partial charge in [-0.25, -0.2) is 14.5 Å². The van der Waals surface area contributed by atoms with Gasteiger partial charge in [-0.1, -0.05) is 5.16 Å². The Morgan fingerprint density at radius 3 is 3.04 bits per heavy atom. The Hall–Kier alpha value is -2.48. The highest BCUT2D eigenvalue weighted by Gasteiger charge is 2.26. The zero-order valence-electron chi connectivity index (χ0n) is 14.8. The summed E-state index contributed by atoms with van der Waals surface area (Å²) in [6.45, 7) is 6.26. The summed E-state index contributed by atoms with van der Waals surface area (Å²) in [5, 5.41) is 8.54. The number of aryl methyl sites for hydroxylation is 3. The average Bonchev–Trinajstić information content (AvgIpc) is 3.16. The van der Waals surface area contributed by atoms with E-state index in [0.29, 0.717) is 6.61 Å². The van der Waals surface area contributed by atoms with E-state index < -0.39 is 0 Å². The Labute approximate surface area is 145 Å². The molecule has 3 aromatic heterocycles. The van der Waals surface area contributed by atoms with E-state index in [0.717, 1.165) is 66.7 Å². The number of aromatic nitrogens is 5. The van der Waals surface area contributed by atoms with Crippen molar-refractivity contribution >= 4 is 11.3 Å². The minimum Gasteiger partial charge on any atom is -0.385 e. The summed E-state index contributed by atoms with van der Waals surface area (Å²) in [7, 11) is 1.72. The summed E-state index contributed by atoms with van der Waals surface area (Å²) < 4.78 is 12.4. The zero-order chi connectivity index (χ0) is 17.4. The van der Waals surface area contributed by atoms with Gasteiger partial charge in [-0.15, -0.1) is 0 Å². The maximum absolute atomic E-state index is 5.34. The van der Waals surface area contributed by atoms with E-state index in [1.165, 1.54) is 5.56 Å². The fourth-order valence-corrected chi connectivity index (χ4v) is 3.46. The Kier molecular flexibility index (Phi) is 4.12. The highest BCUT2D eigenvalue weighted by Crippen LogP contribution is 2.29. The number of hydrogen-bond acceptors (Lipinski definition) is 7. The van der Waals surface area contributed by atoms with Crippen molar-refractivity contribution in [3.05, 3.63) is 34.9 Å². The van der Waals surface area contributed by atoms with Crippen molar-refractivity contribution in [2.24, 2.45) is 0 Å². The third-order valence-corrected chi connectivity index (χ3v) is 4.74. The molecule has 4 heterocycles. The van der Waals surface area contributed by atoms with E-state index in [4.69, 9.17) is 14.2 Å². The number of ether oxygens (including phenoxy) is 1. The van der Waals surface area contributed by atoms with Crippen molar-refractivity contribution in [1.82, 2.24) is 24.7 Å². The summed E-state index contributed by atoms with van der Waals surface area (Å²) in [5.74, 6) is 2.69. The minimum atomic E-state index is 0.716. The van der Waals surface area contributed by atoms with E-state index in [2.05, 4.69) is 20.1 Å². The van der Waals surface area contributed by atoms with Crippen molar-refractivity contribution in [1.29, 1.82) is 0 Å². The van der Waals surface area contributed by atoms with E-state index in [-0.39, 0.29) is 0 Å². The second-order valence-electron chi connectivity index (χ2n) is 6.38. The standard InChI is InChI=1S/C17H22N6O2/c1-11-13-9-22(7-6-14(13)21-25-11)17-16-15(5-4-8-24-3)20-12(2)23(16)19-10-18-17/h10H,4-9H2,1-3H3. The van der Waals surface area contributed by atoms with Crippen LogP contribution in [-0.2, 0) is 24.1 Å². The highest BCUT2D eigenvalue weighted by molar-refractivity contribution is 5.72. The lowest BCUT2D eigenvalue weighted by molar-refractivity contribution is 0.195. The molecule has 0 unspecified atom stereocenters. The van der Waals surface area contributed by atoms with Crippen LogP contribution in [0.4, 0.5) is 5.82 Å². The molecule has 4 rings (SSSR count). The van der Waals surface area contributed by atoms with Gasteiger partial charge in [-0.3, -0.25) is 0 Å². The molecular formula is C17H22N6O2. The van der Waals surface area contributed by atoms with E-state index in [1.54, 1.807) is 13.4 Å². The van der Waals surface area contributed by atoms with Gasteiger partial charge in [0.25, 0.3) is 0 Å². The molecule has 0 fully saturated rings. The molecule has 0 bridgehead atoms. The first-order valence-corrected chi connectivity index (χ1v) is 8.56. The third kappa shape index (κ3) is 2.76. The molecule has 0 N–H and O–H groups in total. The molecule has 1 aliphatic heterocycles. The number of anilines is 1. The second-order valence-corrected chi connectivity index (χ2v) is 6.38. The van der Waals surface area contributed by atoms with Crippen LogP contribution in [0.25, 0.3) is 5.52 Å². The molecule has 8 heteroatoms. The molecule has 0 atom stereocenters. The largest absolute Gasteiger partial charge is 0.385 e. The molecule has 0 radical (unpaired) electrons. The Morgan fingerprint density at radius 2 is 2.20 bits per heavy atom. The lowest BCUT2D eigenvalue weighted by Crippen LogP contribution is -2.31. The molecule has 132 valence electrons. The first kappa shape index (κ1) is 16.0. The predicted octanol–water partition coefficient (Wildman–Crippen LogP) is 1.87. The predicted molar refractivity (Wildman–Crippen MR) is 91.7 cm³/mol. The first-order valence-electron chi connectivity index (χ1n) is 8.56. The smallest absolute Gasteiger partial charge is 0.158 e. The van der Waals surface area contributed by atoms with E-state index >= 15 is 0 Å². The topological polar surface area (TPSA) is 81.6 Å². The van der Waals surface area contributed by atoms with Gasteiger partial charge in [0.1, 0.15) is 23.4 Å². The van der Waals surface area contributed by atoms with Crippen molar-refractivity contribution < 1.29 is 9.26 Å². The molecule has 0 saturated carbocycles. The van der Waals surface area contributed by atoms with Crippen LogP contribution in [0.1, 0.15) is 35.0 Å². The average molecular weight is 342 g/mol. The Morgan fingerprint density at radius 1 is 1.32 bits per heavy atom. The maximum atomic E-state index is 5.34. The van der Waals surface area contributed by atoms with Gasteiger partial charge in [0.05, 0.1) is 11.4 Å². The normalized spacial score (nSPS) is 14.3. The van der Waals surface area contributed by atoms with Crippen LogP contribution in [0.2, 0.25) is 0 Å². The lowest BCUT2D eigenvalue weighted by Gasteiger charge is -2.27. The quantitative estimate of drug-likeness (QED) is 0.655. The number of fused-ring (bicyclic) bond motifs is 2.